The van der Waals surface area contributed by atoms with E-state index in [2.05, 4.69) is 37.9 Å². The van der Waals surface area contributed by atoms with E-state index in [9.17, 15) is 14.7 Å². The lowest BCUT2D eigenvalue weighted by Crippen LogP contribution is -2.44. The molecular weight excluding hydrogens is 446 g/mol. The Bertz CT molecular complexity index is 900. The van der Waals surface area contributed by atoms with E-state index in [1.165, 1.54) is 0 Å². The highest BCUT2D eigenvalue weighted by atomic mass is 32.1. The molecule has 0 radical (unpaired) electrons. The number of aromatic nitrogens is 1. The molecule has 0 amide bonds. The highest BCUT2D eigenvalue weighted by Crippen LogP contribution is 2.35. The third-order valence-electron chi connectivity index (χ3n) is 7.55. The maximum atomic E-state index is 13.4. The first-order valence-electron chi connectivity index (χ1n) is 12.5. The van der Waals surface area contributed by atoms with Gasteiger partial charge in [0.25, 0.3) is 0 Å². The summed E-state index contributed by atoms with van der Waals surface area (Å²) in [7, 11) is 0. The Morgan fingerprint density at radius 3 is 2.44 bits per heavy atom. The Labute approximate surface area is 209 Å². The first-order valence-corrected chi connectivity index (χ1v) is 13.4. The van der Waals surface area contributed by atoms with Gasteiger partial charge >= 0.3 is 5.97 Å². The Morgan fingerprint density at radius 2 is 1.82 bits per heavy atom. The zero-order valence-corrected chi connectivity index (χ0v) is 22.9. The third kappa shape index (κ3) is 7.61. The van der Waals surface area contributed by atoms with E-state index in [0.29, 0.717) is 18.3 Å². The first-order chi connectivity index (χ1) is 15.8. The number of thiazole rings is 1. The number of aliphatic hydroxyl groups is 1. The summed E-state index contributed by atoms with van der Waals surface area (Å²) in [5.74, 6) is 0.357. The standard InChI is InChI=1S/C28H43NO4S/c1-17-11-9-10-12-24(19(3)14-23-16-34-22(6)29-23)33-26(31)15-25(30)28(7,8)27(32)21(5)20(4)18(2)13-17/h9-10,14,16-18,20-21,24-25,30H,11-13,15H2,1-8H3/b10-9+,19-14+. The highest BCUT2D eigenvalue weighted by molar-refractivity contribution is 7.09. The smallest absolute Gasteiger partial charge is 0.309 e. The summed E-state index contributed by atoms with van der Waals surface area (Å²) in [5, 5.41) is 13.9. The van der Waals surface area contributed by atoms with Crippen molar-refractivity contribution >= 4 is 29.2 Å². The van der Waals surface area contributed by atoms with Gasteiger partial charge in [0, 0.05) is 17.7 Å². The Kier molecular flexibility index (Phi) is 10.3. The van der Waals surface area contributed by atoms with Gasteiger partial charge in [0.15, 0.2) is 0 Å². The minimum Gasteiger partial charge on any atom is -0.457 e. The molecule has 1 aromatic rings. The SMILES string of the molecule is C/C(=C\c1csc(C)n1)C1C/C=C/CC(C)CC(C)C(C)C(C)C(=O)C(C)(C)C(O)CC(=O)O1. The van der Waals surface area contributed by atoms with E-state index in [0.717, 1.165) is 29.1 Å². The van der Waals surface area contributed by atoms with Gasteiger partial charge in [0.1, 0.15) is 11.9 Å². The van der Waals surface area contributed by atoms with Crippen molar-refractivity contribution in [1.29, 1.82) is 0 Å². The van der Waals surface area contributed by atoms with Gasteiger partial charge in [-0.3, -0.25) is 9.59 Å². The van der Waals surface area contributed by atoms with Crippen molar-refractivity contribution in [2.24, 2.45) is 29.1 Å². The molecule has 6 atom stereocenters. The van der Waals surface area contributed by atoms with Crippen LogP contribution in [-0.4, -0.2) is 34.1 Å². The quantitative estimate of drug-likeness (QED) is 0.384. The molecule has 1 aliphatic rings. The van der Waals surface area contributed by atoms with Crippen LogP contribution in [0.15, 0.2) is 23.1 Å². The lowest BCUT2D eigenvalue weighted by Gasteiger charge is -2.35. The van der Waals surface area contributed by atoms with E-state index in [-0.39, 0.29) is 24.0 Å². The second kappa shape index (κ2) is 12.3. The molecule has 6 heteroatoms. The number of ether oxygens (including phenoxy) is 1. The maximum Gasteiger partial charge on any atom is 0.309 e. The molecule has 190 valence electrons. The number of hydrogen-bond donors (Lipinski definition) is 1. The topological polar surface area (TPSA) is 76.5 Å². The second-order valence-electron chi connectivity index (χ2n) is 10.9. The van der Waals surface area contributed by atoms with Crippen LogP contribution in [0.2, 0.25) is 0 Å². The van der Waals surface area contributed by atoms with E-state index in [4.69, 9.17) is 4.74 Å². The van der Waals surface area contributed by atoms with Gasteiger partial charge in [0.2, 0.25) is 0 Å². The average Bonchev–Trinajstić information content (AvgIpc) is 3.17. The molecule has 34 heavy (non-hydrogen) atoms. The largest absolute Gasteiger partial charge is 0.457 e. The van der Waals surface area contributed by atoms with Gasteiger partial charge in [0.05, 0.1) is 28.6 Å². The van der Waals surface area contributed by atoms with Crippen molar-refractivity contribution in [3.63, 3.8) is 0 Å². The Hall–Kier alpha value is -1.79. The molecule has 0 aliphatic carbocycles. The van der Waals surface area contributed by atoms with Crippen LogP contribution in [-0.2, 0) is 14.3 Å². The van der Waals surface area contributed by atoms with Crippen molar-refractivity contribution in [2.75, 3.05) is 0 Å². The highest BCUT2D eigenvalue weighted by Gasteiger charge is 2.41. The van der Waals surface area contributed by atoms with Gasteiger partial charge in [-0.15, -0.1) is 11.3 Å². The van der Waals surface area contributed by atoms with Crippen LogP contribution in [0, 0.1) is 36.0 Å². The average molecular weight is 490 g/mol. The fourth-order valence-corrected chi connectivity index (χ4v) is 5.27. The fourth-order valence-electron chi connectivity index (χ4n) is 4.70. The number of Topliss-reactive ketones (excluding diaryl/α,β-unsaturated/α-hetero) is 1. The molecule has 0 fully saturated rings. The van der Waals surface area contributed by atoms with Crippen LogP contribution in [0.1, 0.15) is 84.9 Å². The molecule has 0 bridgehead atoms. The van der Waals surface area contributed by atoms with Gasteiger partial charge in [-0.1, -0.05) is 53.7 Å². The predicted molar refractivity (Wildman–Crippen MR) is 139 cm³/mol. The number of allylic oxidation sites excluding steroid dienone is 1. The van der Waals surface area contributed by atoms with Crippen LogP contribution < -0.4 is 0 Å². The Balaban J connectivity index is 2.32. The predicted octanol–water partition coefficient (Wildman–Crippen LogP) is 6.40. The van der Waals surface area contributed by atoms with E-state index < -0.39 is 23.6 Å². The molecule has 0 aromatic carbocycles. The zero-order valence-electron chi connectivity index (χ0n) is 22.1. The van der Waals surface area contributed by atoms with Crippen LogP contribution in [0.3, 0.4) is 0 Å². The molecule has 0 spiro atoms. The summed E-state index contributed by atoms with van der Waals surface area (Å²) in [5.41, 5.74) is 0.719. The van der Waals surface area contributed by atoms with E-state index >= 15 is 0 Å². The third-order valence-corrected chi connectivity index (χ3v) is 8.34. The number of carbonyl (C=O) groups excluding carboxylic acids is 2. The normalized spacial score (nSPS) is 33.4. The summed E-state index contributed by atoms with van der Waals surface area (Å²) in [6.07, 6.45) is 6.98. The van der Waals surface area contributed by atoms with Crippen molar-refractivity contribution in [2.45, 2.75) is 93.3 Å². The van der Waals surface area contributed by atoms with Gasteiger partial charge in [-0.05, 0) is 56.1 Å². The maximum absolute atomic E-state index is 13.4. The number of aliphatic hydroxyl groups excluding tert-OH is 1. The molecule has 1 aliphatic heterocycles. The molecule has 1 aromatic heterocycles. The lowest BCUT2D eigenvalue weighted by molar-refractivity contribution is -0.153. The van der Waals surface area contributed by atoms with Crippen LogP contribution in [0.4, 0.5) is 0 Å². The number of carbonyl (C=O) groups is 2. The monoisotopic (exact) mass is 489 g/mol. The van der Waals surface area contributed by atoms with E-state index in [1.54, 1.807) is 25.2 Å². The molecule has 2 heterocycles. The number of rotatable bonds is 2. The number of esters is 1. The van der Waals surface area contributed by atoms with Crippen LogP contribution in [0.5, 0.6) is 0 Å². The molecule has 5 nitrogen and oxygen atoms in total. The van der Waals surface area contributed by atoms with E-state index in [1.807, 2.05) is 32.2 Å². The number of nitrogens with zero attached hydrogens (tertiary/aromatic N) is 1. The van der Waals surface area contributed by atoms with Crippen molar-refractivity contribution < 1.29 is 19.4 Å². The first kappa shape index (κ1) is 28.4. The summed E-state index contributed by atoms with van der Waals surface area (Å²) < 4.78 is 5.83. The fraction of sp³-hybridized carbons (Fsp3) is 0.679. The summed E-state index contributed by atoms with van der Waals surface area (Å²) in [6.45, 7) is 15.9. The van der Waals surface area contributed by atoms with Crippen LogP contribution >= 0.6 is 11.3 Å². The van der Waals surface area contributed by atoms with Crippen molar-refractivity contribution in [3.05, 3.63) is 33.8 Å². The molecule has 6 unspecified atom stereocenters. The number of aryl methyl sites for hydroxylation is 1. The van der Waals surface area contributed by atoms with Gasteiger partial charge < -0.3 is 9.84 Å². The number of hydrogen-bond acceptors (Lipinski definition) is 6. The van der Waals surface area contributed by atoms with Crippen LogP contribution in [0.25, 0.3) is 6.08 Å². The van der Waals surface area contributed by atoms with Gasteiger partial charge in [-0.25, -0.2) is 4.98 Å². The summed E-state index contributed by atoms with van der Waals surface area (Å²) in [6, 6.07) is 0. The zero-order chi connectivity index (χ0) is 25.6. The van der Waals surface area contributed by atoms with Gasteiger partial charge in [-0.2, -0.15) is 0 Å². The molecule has 0 saturated carbocycles. The number of cyclic esters (lactones) is 1. The second-order valence-corrected chi connectivity index (χ2v) is 11.9. The molecule has 2 rings (SSSR count). The number of ketones is 1. The molecule has 0 saturated heterocycles. The Morgan fingerprint density at radius 1 is 1.18 bits per heavy atom. The minimum atomic E-state index is -1.11. The molecule has 1 N–H and O–H groups in total. The van der Waals surface area contributed by atoms with Crippen molar-refractivity contribution in [3.8, 4) is 0 Å². The summed E-state index contributed by atoms with van der Waals surface area (Å²) >= 11 is 1.58. The minimum absolute atomic E-state index is 0.00155. The molecular formula is C28H43NO4S. The van der Waals surface area contributed by atoms with Crippen molar-refractivity contribution in [1.82, 2.24) is 4.98 Å². The summed E-state index contributed by atoms with van der Waals surface area (Å²) in [4.78, 5) is 30.7. The lowest BCUT2D eigenvalue weighted by atomic mass is 9.70.